The van der Waals surface area contributed by atoms with Gasteiger partial charge < -0.3 is 10.0 Å². The van der Waals surface area contributed by atoms with E-state index in [4.69, 9.17) is 5.11 Å². The van der Waals surface area contributed by atoms with Crippen molar-refractivity contribution in [1.82, 2.24) is 4.90 Å². The molecule has 148 valence electrons. The Morgan fingerprint density at radius 2 is 2.11 bits per heavy atom. The molecular weight excluding hydrogens is 358 g/mol. The fourth-order valence-electron chi connectivity index (χ4n) is 5.18. The SMILES string of the molecule is CN(C(=O)c1ccsc1)[C@@H]1[C@@H](C/C=C/CCCC(=O)O)C[C@H]2C[C@@H]1C2(C)C. The smallest absolute Gasteiger partial charge is 0.303 e. The fraction of sp³-hybridized carbons (Fsp3) is 0.636. The van der Waals surface area contributed by atoms with Crippen LogP contribution in [-0.2, 0) is 4.79 Å². The van der Waals surface area contributed by atoms with Gasteiger partial charge in [-0.3, -0.25) is 9.59 Å². The number of carbonyl (C=O) groups excluding carboxylic acids is 1. The molecule has 2 bridgehead atoms. The van der Waals surface area contributed by atoms with Gasteiger partial charge in [0, 0.05) is 24.9 Å². The van der Waals surface area contributed by atoms with Crippen molar-refractivity contribution >= 4 is 23.2 Å². The van der Waals surface area contributed by atoms with E-state index in [1.165, 1.54) is 12.8 Å². The summed E-state index contributed by atoms with van der Waals surface area (Å²) in [6.07, 6.45) is 9.44. The third-order valence-electron chi connectivity index (χ3n) is 6.93. The number of rotatable bonds is 8. The van der Waals surface area contributed by atoms with E-state index in [9.17, 15) is 9.59 Å². The molecule has 0 spiro atoms. The van der Waals surface area contributed by atoms with Gasteiger partial charge in [-0.2, -0.15) is 11.3 Å². The number of nitrogens with zero attached hydrogens (tertiary/aromatic N) is 1. The number of carboxylic acid groups (broad SMARTS) is 1. The molecule has 4 rings (SSSR count). The van der Waals surface area contributed by atoms with Gasteiger partial charge in [0.05, 0.1) is 5.56 Å². The fourth-order valence-corrected chi connectivity index (χ4v) is 5.81. The molecule has 3 fully saturated rings. The molecule has 1 N–H and O–H groups in total. The molecule has 27 heavy (non-hydrogen) atoms. The summed E-state index contributed by atoms with van der Waals surface area (Å²) >= 11 is 1.57. The third-order valence-corrected chi connectivity index (χ3v) is 7.61. The predicted octanol–water partition coefficient (Wildman–Crippen LogP) is 5.07. The third kappa shape index (κ3) is 4.13. The molecule has 3 saturated carbocycles. The summed E-state index contributed by atoms with van der Waals surface area (Å²) in [7, 11) is 1.98. The van der Waals surface area contributed by atoms with E-state index in [0.717, 1.165) is 24.3 Å². The van der Waals surface area contributed by atoms with Crippen LogP contribution in [0.1, 0.15) is 62.7 Å². The normalized spacial score (nSPS) is 28.7. The van der Waals surface area contributed by atoms with Crippen molar-refractivity contribution in [3.63, 3.8) is 0 Å². The highest BCUT2D eigenvalue weighted by Crippen LogP contribution is 2.62. The lowest BCUT2D eigenvalue weighted by Crippen LogP contribution is -2.63. The van der Waals surface area contributed by atoms with Gasteiger partial charge in [0.1, 0.15) is 0 Å². The van der Waals surface area contributed by atoms with Crippen LogP contribution >= 0.6 is 11.3 Å². The summed E-state index contributed by atoms with van der Waals surface area (Å²) in [5.41, 5.74) is 1.11. The lowest BCUT2D eigenvalue weighted by molar-refractivity contribution is -0.137. The van der Waals surface area contributed by atoms with Gasteiger partial charge in [-0.1, -0.05) is 26.0 Å². The van der Waals surface area contributed by atoms with Gasteiger partial charge in [0.25, 0.3) is 5.91 Å². The van der Waals surface area contributed by atoms with Crippen molar-refractivity contribution in [2.45, 2.75) is 58.4 Å². The Bertz CT molecular complexity index is 694. The minimum atomic E-state index is -0.730. The Kier molecular flexibility index (Phi) is 6.09. The first-order valence-electron chi connectivity index (χ1n) is 9.98. The average Bonchev–Trinajstić information content (AvgIpc) is 3.17. The van der Waals surface area contributed by atoms with Crippen LogP contribution in [0, 0.1) is 23.2 Å². The molecule has 0 aliphatic heterocycles. The van der Waals surface area contributed by atoms with Crippen LogP contribution in [0.2, 0.25) is 0 Å². The molecule has 0 radical (unpaired) electrons. The van der Waals surface area contributed by atoms with Crippen LogP contribution in [-0.4, -0.2) is 35.0 Å². The monoisotopic (exact) mass is 389 g/mol. The van der Waals surface area contributed by atoms with Crippen LogP contribution in [0.15, 0.2) is 29.0 Å². The maximum Gasteiger partial charge on any atom is 0.303 e. The van der Waals surface area contributed by atoms with Crippen molar-refractivity contribution in [2.24, 2.45) is 23.2 Å². The van der Waals surface area contributed by atoms with E-state index in [2.05, 4.69) is 26.0 Å². The summed E-state index contributed by atoms with van der Waals surface area (Å²) in [6.45, 7) is 4.72. The second kappa shape index (κ2) is 8.17. The van der Waals surface area contributed by atoms with Crippen molar-refractivity contribution in [2.75, 3.05) is 7.05 Å². The summed E-state index contributed by atoms with van der Waals surface area (Å²) in [5, 5.41) is 12.6. The first-order valence-corrected chi connectivity index (χ1v) is 10.9. The number of unbranched alkanes of at least 4 members (excludes halogenated alkanes) is 1. The molecule has 0 saturated heterocycles. The molecule has 3 aliphatic carbocycles. The number of carboxylic acids is 1. The predicted molar refractivity (Wildman–Crippen MR) is 109 cm³/mol. The molecule has 3 aliphatic rings. The average molecular weight is 390 g/mol. The summed E-state index contributed by atoms with van der Waals surface area (Å²) in [4.78, 5) is 25.6. The first-order chi connectivity index (χ1) is 12.8. The summed E-state index contributed by atoms with van der Waals surface area (Å²) in [5.74, 6) is 1.22. The number of amides is 1. The van der Waals surface area contributed by atoms with Crippen LogP contribution in [0.4, 0.5) is 0 Å². The summed E-state index contributed by atoms with van der Waals surface area (Å²) < 4.78 is 0. The Morgan fingerprint density at radius 3 is 2.74 bits per heavy atom. The maximum absolute atomic E-state index is 13.0. The topological polar surface area (TPSA) is 57.6 Å². The van der Waals surface area contributed by atoms with E-state index in [0.29, 0.717) is 23.7 Å². The minimum absolute atomic E-state index is 0.137. The van der Waals surface area contributed by atoms with Crippen molar-refractivity contribution in [3.05, 3.63) is 34.5 Å². The zero-order valence-corrected chi connectivity index (χ0v) is 17.4. The van der Waals surface area contributed by atoms with Crippen LogP contribution < -0.4 is 0 Å². The van der Waals surface area contributed by atoms with E-state index in [-0.39, 0.29) is 18.4 Å². The van der Waals surface area contributed by atoms with E-state index in [1.54, 1.807) is 11.3 Å². The van der Waals surface area contributed by atoms with Gasteiger partial charge in [-0.05, 0) is 66.7 Å². The second-order valence-corrected chi connectivity index (χ2v) is 9.55. The summed E-state index contributed by atoms with van der Waals surface area (Å²) in [6, 6.07) is 2.19. The molecule has 1 aromatic heterocycles. The molecule has 1 amide bonds. The van der Waals surface area contributed by atoms with E-state index in [1.807, 2.05) is 28.8 Å². The van der Waals surface area contributed by atoms with Gasteiger partial charge in [0.2, 0.25) is 0 Å². The van der Waals surface area contributed by atoms with Gasteiger partial charge in [0.15, 0.2) is 0 Å². The number of hydrogen-bond acceptors (Lipinski definition) is 3. The Hall–Kier alpha value is -1.62. The standard InChI is InChI=1S/C22H31NO3S/c1-22(2)17-12-15(8-6-4-5-7-9-19(24)25)20(18(22)13-17)23(3)21(26)16-10-11-27-14-16/h4,6,10-11,14-15,17-18,20H,5,7-9,12-13H2,1-3H3,(H,24,25)/b6-4+/t15-,17-,18-,20+/m0/s1. The molecule has 0 aromatic carbocycles. The molecule has 1 heterocycles. The second-order valence-electron chi connectivity index (χ2n) is 8.77. The van der Waals surface area contributed by atoms with Crippen molar-refractivity contribution < 1.29 is 14.7 Å². The highest BCUT2D eigenvalue weighted by Gasteiger charge is 2.58. The number of thiophene rings is 1. The zero-order chi connectivity index (χ0) is 19.6. The minimum Gasteiger partial charge on any atom is -0.481 e. The molecule has 0 unspecified atom stereocenters. The molecule has 1 aromatic rings. The van der Waals surface area contributed by atoms with Gasteiger partial charge in [-0.15, -0.1) is 0 Å². The number of allylic oxidation sites excluding steroid dienone is 2. The number of fused-ring (bicyclic) bond motifs is 2. The molecule has 4 atom stereocenters. The largest absolute Gasteiger partial charge is 0.481 e. The highest BCUT2D eigenvalue weighted by atomic mass is 32.1. The lowest BCUT2D eigenvalue weighted by Gasteiger charge is -2.64. The number of aliphatic carboxylic acids is 1. The molecule has 5 heteroatoms. The zero-order valence-electron chi connectivity index (χ0n) is 16.6. The van der Waals surface area contributed by atoms with Crippen LogP contribution in [0.3, 0.4) is 0 Å². The highest BCUT2D eigenvalue weighted by molar-refractivity contribution is 7.08. The molecule has 4 nitrogen and oxygen atoms in total. The Morgan fingerprint density at radius 1 is 1.33 bits per heavy atom. The quantitative estimate of drug-likeness (QED) is 0.499. The van der Waals surface area contributed by atoms with Gasteiger partial charge in [-0.25, -0.2) is 0 Å². The first kappa shape index (κ1) is 20.1. The van der Waals surface area contributed by atoms with E-state index >= 15 is 0 Å². The van der Waals surface area contributed by atoms with Crippen LogP contribution in [0.5, 0.6) is 0 Å². The Balaban J connectivity index is 1.66. The van der Waals surface area contributed by atoms with Gasteiger partial charge >= 0.3 is 5.97 Å². The number of carbonyl (C=O) groups is 2. The molecular formula is C22H31NO3S. The van der Waals surface area contributed by atoms with Crippen LogP contribution in [0.25, 0.3) is 0 Å². The van der Waals surface area contributed by atoms with Crippen molar-refractivity contribution in [1.29, 1.82) is 0 Å². The lowest BCUT2D eigenvalue weighted by atomic mass is 9.44. The maximum atomic E-state index is 13.0. The van der Waals surface area contributed by atoms with Crippen molar-refractivity contribution in [3.8, 4) is 0 Å². The number of hydrogen-bond donors (Lipinski definition) is 1. The van der Waals surface area contributed by atoms with E-state index < -0.39 is 5.97 Å². The Labute approximate surface area is 166 Å².